The van der Waals surface area contributed by atoms with Crippen LogP contribution in [0.3, 0.4) is 0 Å². The molecule has 4 N–H and O–H groups in total. The van der Waals surface area contributed by atoms with Crippen LogP contribution in [0.4, 0.5) is 58.4 Å². The Bertz CT molecular complexity index is 3750. The van der Waals surface area contributed by atoms with E-state index in [4.69, 9.17) is 0 Å². The largest absolute Gasteiger partial charge is 1.00 e. The zero-order chi connectivity index (χ0) is 56.3. The van der Waals surface area contributed by atoms with Crippen molar-refractivity contribution in [3.8, 4) is 0 Å². The van der Waals surface area contributed by atoms with Gasteiger partial charge in [0, 0.05) is 37.6 Å². The van der Waals surface area contributed by atoms with Gasteiger partial charge in [0.05, 0.1) is 40.7 Å². The first kappa shape index (κ1) is 80.9. The molecule has 42 heteroatoms. The zero-order valence-electron chi connectivity index (χ0n) is 45.3. The van der Waals surface area contributed by atoms with E-state index >= 15 is 0 Å². The molecule has 0 aliphatic heterocycles. The van der Waals surface area contributed by atoms with Gasteiger partial charge in [-0.05, 0) is 99.5 Å². The monoisotopic (exact) mass is 1300 g/mol. The smallest absolute Gasteiger partial charge is 0.744 e. The van der Waals surface area contributed by atoms with Crippen molar-refractivity contribution in [3.05, 3.63) is 83.9 Å². The van der Waals surface area contributed by atoms with Crippen LogP contribution in [0.5, 0.6) is 0 Å². The van der Waals surface area contributed by atoms with Gasteiger partial charge < -0.3 is 58.4 Å². The van der Waals surface area contributed by atoms with Gasteiger partial charge in [-0.1, -0.05) is 24.3 Å². The fourth-order valence-corrected chi connectivity index (χ4v) is 10.4. The summed E-state index contributed by atoms with van der Waals surface area (Å²) >= 11 is 0. The van der Waals surface area contributed by atoms with Gasteiger partial charge in [-0.2, -0.15) is 29.9 Å². The average molecular weight is 1310 g/mol. The van der Waals surface area contributed by atoms with Gasteiger partial charge in [0.1, 0.15) is 60.7 Å². The molecule has 30 nitrogen and oxygen atoms in total. The van der Waals surface area contributed by atoms with Crippen LogP contribution in [0, 0.1) is 0 Å². The number of rotatable bonds is 22. The van der Waals surface area contributed by atoms with Crippen molar-refractivity contribution in [1.29, 1.82) is 0 Å². The maximum atomic E-state index is 12.7. The second-order valence-electron chi connectivity index (χ2n) is 15.3. The Labute approximate surface area is 605 Å². The number of aromatic nitrogens is 6. The minimum atomic E-state index is -5.38. The molecule has 0 radical (unpaired) electrons. The molecule has 0 atom stereocenters. The summed E-state index contributed by atoms with van der Waals surface area (Å²) in [4.78, 5) is 22.7. The first-order chi connectivity index (χ1) is 35.2. The van der Waals surface area contributed by atoms with Crippen molar-refractivity contribution in [2.24, 2.45) is 0 Å². The van der Waals surface area contributed by atoms with Crippen LogP contribution in [-0.2, 0) is 60.7 Å². The second kappa shape index (κ2) is 32.9. The van der Waals surface area contributed by atoms with E-state index in [-0.39, 0.29) is 238 Å². The van der Waals surface area contributed by atoms with E-state index in [1.165, 1.54) is 12.1 Å². The molecule has 82 heavy (non-hydrogen) atoms. The summed E-state index contributed by atoms with van der Waals surface area (Å²) in [6, 6.07) is 9.85. The van der Waals surface area contributed by atoms with Gasteiger partial charge in [0.25, 0.3) is 0 Å². The minimum Gasteiger partial charge on any atom is -0.744 e. The molecule has 0 amide bonds. The maximum Gasteiger partial charge on any atom is 1.00 e. The molecule has 0 aliphatic carbocycles. The number of benzene rings is 4. The van der Waals surface area contributed by atoms with Crippen LogP contribution in [0.25, 0.3) is 12.2 Å². The van der Waals surface area contributed by atoms with E-state index < -0.39 is 125 Å². The molecule has 0 bridgehead atoms. The first-order valence-corrected chi connectivity index (χ1v) is 29.8. The Morgan fingerprint density at radius 3 is 0.902 bits per heavy atom. The van der Waals surface area contributed by atoms with Crippen LogP contribution in [0.15, 0.2) is 102 Å². The van der Waals surface area contributed by atoms with Gasteiger partial charge in [-0.15, -0.1) is 0 Å². The summed E-state index contributed by atoms with van der Waals surface area (Å²) in [7, 11) is -31.7. The van der Waals surface area contributed by atoms with Crippen LogP contribution in [-0.4, -0.2) is 134 Å². The maximum absolute atomic E-state index is 12.7. The number of anilines is 10. The number of hydrogen-bond donors (Lipinski definition) is 4. The molecule has 6 aromatic rings. The zero-order valence-corrected chi connectivity index (χ0v) is 62.2. The van der Waals surface area contributed by atoms with E-state index in [0.29, 0.717) is 36.4 Å². The molecule has 0 fully saturated rings. The van der Waals surface area contributed by atoms with Gasteiger partial charge >= 0.3 is 177 Å². The number of hydrogen-bond acceptors (Lipinski definition) is 30. The van der Waals surface area contributed by atoms with E-state index in [1.54, 1.807) is 37.5 Å². The quantitative estimate of drug-likeness (QED) is 0.0278. The molecule has 2 aromatic heterocycles. The fourth-order valence-electron chi connectivity index (χ4n) is 6.82. The molecular weight excluding hydrogens is 1270 g/mol. The summed E-state index contributed by atoms with van der Waals surface area (Å²) in [5.74, 6) is -2.01. The van der Waals surface area contributed by atoms with E-state index in [9.17, 15) is 77.8 Å². The second-order valence-corrected chi connectivity index (χ2v) is 23.4. The molecule has 0 aliphatic rings. The average Bonchev–Trinajstić information content (AvgIpc) is 3.30. The fraction of sp³-hybridized carbons (Fsp3) is 0.200. The Balaban J connectivity index is 0.0000109. The molecular formula is C40H38N12Na6O18S6. The third-order valence-electron chi connectivity index (χ3n) is 10.4. The Kier molecular flexibility index (Phi) is 32.5. The molecule has 0 unspecified atom stereocenters. The van der Waals surface area contributed by atoms with Gasteiger partial charge in [0.15, 0.2) is 0 Å². The van der Waals surface area contributed by atoms with Crippen molar-refractivity contribution in [2.45, 2.75) is 57.1 Å². The normalized spacial score (nSPS) is 11.7. The van der Waals surface area contributed by atoms with Gasteiger partial charge in [-0.3, -0.25) is 0 Å². The van der Waals surface area contributed by atoms with Crippen LogP contribution < -0.4 is 208 Å². The summed E-state index contributed by atoms with van der Waals surface area (Å²) < 4.78 is 219. The van der Waals surface area contributed by atoms with Crippen LogP contribution in [0.1, 0.15) is 38.8 Å². The third kappa shape index (κ3) is 21.9. The van der Waals surface area contributed by atoms with Crippen molar-refractivity contribution in [3.63, 3.8) is 0 Å². The predicted octanol–water partition coefficient (Wildman–Crippen LogP) is -15.7. The van der Waals surface area contributed by atoms with Gasteiger partial charge in [0.2, 0.25) is 35.7 Å². The topological polar surface area (TPSA) is 475 Å². The molecule has 408 valence electrons. The molecule has 2 heterocycles. The standard InChI is InChI=1S/C40H44N12O18S6.6Na/c1-5-51(6-2)39-47-35(45-37(49-39)43-29-21-27(71(53,54)55)15-17-31(29)73(59,60)61)41-25-13-11-23(33(19-25)75(65,66)67)9-10-24-12-14-26(20-34(24)76(68,69)70)42-36-46-38(50-40(48-36)52(7-3)8-4)44-30-22-28(72(56,57)58)16-18-32(30)74(62,63)64;;;;;;/h9-22H,5-8H2,1-4H3,(H,53,54,55)(H,56,57,58)(H,59,60,61)(H,62,63,64)(H,65,66,67)(H,68,69,70)(H2,41,43,45,47,49)(H2,42,44,46,48,50);;;;;;/q;6*+1/p-6/b10-9+;;;;;;. The molecule has 0 spiro atoms. The Hall–Kier alpha value is -1.10. The van der Waals surface area contributed by atoms with E-state index in [1.807, 2.05) is 0 Å². The van der Waals surface area contributed by atoms with E-state index in [2.05, 4.69) is 51.2 Å². The summed E-state index contributed by atoms with van der Waals surface area (Å²) in [6.45, 7) is 7.93. The van der Waals surface area contributed by atoms with Crippen molar-refractivity contribution in [2.75, 3.05) is 57.2 Å². The summed E-state index contributed by atoms with van der Waals surface area (Å²) in [5.41, 5.74) is -2.42. The van der Waals surface area contributed by atoms with E-state index in [0.717, 1.165) is 36.4 Å². The third-order valence-corrected chi connectivity index (χ3v) is 15.6. The van der Waals surface area contributed by atoms with Crippen LogP contribution in [0.2, 0.25) is 0 Å². The summed E-state index contributed by atoms with van der Waals surface area (Å²) in [5, 5.41) is 10.1. The first-order valence-electron chi connectivity index (χ1n) is 21.3. The Morgan fingerprint density at radius 1 is 0.366 bits per heavy atom. The minimum absolute atomic E-state index is 0. The SMILES string of the molecule is CCN(CC)c1nc(Nc2ccc(/C=C/c3ccc(Nc4nc(Nc5cc(S(=O)(=O)[O-])ccc5S(=O)(=O)[O-])nc(N(CC)CC)n4)cc3S(=O)(=O)[O-])c(S(=O)(=O)[O-])c2)nc(Nc2cc(S(=O)(=O)[O-])ccc2S(=O)(=O)[O-])n1.[Na+].[Na+].[Na+].[Na+].[Na+].[Na+]. The molecule has 0 saturated carbocycles. The predicted molar refractivity (Wildman–Crippen MR) is 262 cm³/mol. The Morgan fingerprint density at radius 2 is 0.646 bits per heavy atom. The molecule has 6 rings (SSSR count). The van der Waals surface area contributed by atoms with Crippen LogP contribution >= 0.6 is 0 Å². The molecule has 4 aromatic carbocycles. The van der Waals surface area contributed by atoms with Crippen molar-refractivity contribution < 1.29 is 255 Å². The van der Waals surface area contributed by atoms with Crippen molar-refractivity contribution >= 4 is 131 Å². The number of nitrogens with one attached hydrogen (secondary N) is 4. The van der Waals surface area contributed by atoms with Crippen molar-refractivity contribution in [1.82, 2.24) is 29.9 Å². The number of nitrogens with zero attached hydrogens (tertiary/aromatic N) is 8. The summed E-state index contributed by atoms with van der Waals surface area (Å²) in [6.07, 6.45) is 1.99. The molecule has 0 saturated heterocycles. The van der Waals surface area contributed by atoms with Gasteiger partial charge in [-0.25, -0.2) is 50.5 Å².